The van der Waals surface area contributed by atoms with Gasteiger partial charge in [-0.15, -0.1) is 0 Å². The van der Waals surface area contributed by atoms with Crippen LogP contribution in [0, 0.1) is 5.82 Å². The van der Waals surface area contributed by atoms with E-state index in [0.717, 1.165) is 0 Å². The van der Waals surface area contributed by atoms with Crippen molar-refractivity contribution in [3.63, 3.8) is 0 Å². The molecule has 16 heavy (non-hydrogen) atoms. The predicted molar refractivity (Wildman–Crippen MR) is 61.2 cm³/mol. The molecule has 1 aromatic rings. The number of hydrogen-bond acceptors (Lipinski definition) is 2. The van der Waals surface area contributed by atoms with Gasteiger partial charge in [0.1, 0.15) is 5.82 Å². The molecule has 0 saturated carbocycles. The molecule has 3 N–H and O–H groups in total. The van der Waals surface area contributed by atoms with Crippen molar-refractivity contribution in [2.24, 2.45) is 5.73 Å². The number of carbonyl (C=O) groups is 1. The van der Waals surface area contributed by atoms with Crippen LogP contribution in [0.25, 0.3) is 0 Å². The van der Waals surface area contributed by atoms with E-state index >= 15 is 0 Å². The molecule has 0 radical (unpaired) electrons. The van der Waals surface area contributed by atoms with Crippen LogP contribution in [0.4, 0.5) is 4.39 Å². The van der Waals surface area contributed by atoms with Crippen molar-refractivity contribution in [2.75, 3.05) is 0 Å². The number of nitrogens with two attached hydrogens (primary N) is 1. The molecule has 4 heteroatoms. The number of amides is 1. The van der Waals surface area contributed by atoms with Crippen molar-refractivity contribution in [1.29, 1.82) is 0 Å². The van der Waals surface area contributed by atoms with Gasteiger partial charge in [0.15, 0.2) is 0 Å². The van der Waals surface area contributed by atoms with Crippen molar-refractivity contribution < 1.29 is 9.18 Å². The van der Waals surface area contributed by atoms with Gasteiger partial charge < -0.3 is 5.73 Å². The molecule has 0 aromatic heterocycles. The average Bonchev–Trinajstić information content (AvgIpc) is 2.17. The Hall–Kier alpha value is -1.42. The van der Waals surface area contributed by atoms with Gasteiger partial charge in [0.05, 0.1) is 5.54 Å². The molecule has 0 fully saturated rings. The molecule has 1 atom stereocenters. The number of benzene rings is 1. The lowest BCUT2D eigenvalue weighted by Gasteiger charge is -2.27. The van der Waals surface area contributed by atoms with Crippen molar-refractivity contribution in [1.82, 2.24) is 5.32 Å². The number of primary amides is 1. The molecule has 88 valence electrons. The van der Waals surface area contributed by atoms with Crippen LogP contribution in [0.15, 0.2) is 24.3 Å². The highest BCUT2D eigenvalue weighted by atomic mass is 19.1. The lowest BCUT2D eigenvalue weighted by molar-refractivity contribution is -0.123. The van der Waals surface area contributed by atoms with Crippen molar-refractivity contribution in [3.05, 3.63) is 35.6 Å². The van der Waals surface area contributed by atoms with Gasteiger partial charge in [-0.05, 0) is 26.8 Å². The lowest BCUT2D eigenvalue weighted by atomic mass is 10.00. The van der Waals surface area contributed by atoms with Crippen LogP contribution in [-0.4, -0.2) is 11.4 Å². The van der Waals surface area contributed by atoms with Crippen molar-refractivity contribution in [2.45, 2.75) is 32.4 Å². The van der Waals surface area contributed by atoms with Gasteiger partial charge in [-0.3, -0.25) is 10.1 Å². The summed E-state index contributed by atoms with van der Waals surface area (Å²) in [7, 11) is 0. The van der Waals surface area contributed by atoms with Gasteiger partial charge in [-0.2, -0.15) is 0 Å². The molecule has 0 saturated heterocycles. The van der Waals surface area contributed by atoms with Crippen LogP contribution < -0.4 is 11.1 Å². The Bertz CT molecular complexity index is 390. The summed E-state index contributed by atoms with van der Waals surface area (Å²) < 4.78 is 13.5. The fraction of sp³-hybridized carbons (Fsp3) is 0.417. The molecule has 0 aliphatic carbocycles. The van der Waals surface area contributed by atoms with Gasteiger partial charge in [0.2, 0.25) is 5.91 Å². The molecule has 1 aromatic carbocycles. The Morgan fingerprint density at radius 3 is 2.50 bits per heavy atom. The minimum absolute atomic E-state index is 0.274. The third-order valence-corrected chi connectivity index (χ3v) is 2.57. The Morgan fingerprint density at radius 1 is 1.44 bits per heavy atom. The zero-order valence-electron chi connectivity index (χ0n) is 9.75. The number of carbonyl (C=O) groups excluding carboxylic acids is 1. The molecule has 0 heterocycles. The van der Waals surface area contributed by atoms with Crippen LogP contribution in [0.2, 0.25) is 0 Å². The van der Waals surface area contributed by atoms with E-state index in [9.17, 15) is 9.18 Å². The Balaban J connectivity index is 2.85. The standard InChI is InChI=1S/C12H17FN2O/c1-8(15-12(2,3)11(14)16)9-6-4-5-7-10(9)13/h4-8,15H,1-3H3,(H2,14,16). The number of hydrogen-bond donors (Lipinski definition) is 2. The zero-order chi connectivity index (χ0) is 12.3. The molecule has 3 nitrogen and oxygen atoms in total. The zero-order valence-corrected chi connectivity index (χ0v) is 9.75. The summed E-state index contributed by atoms with van der Waals surface area (Å²) in [5, 5.41) is 3.00. The Labute approximate surface area is 94.8 Å². The second-order valence-corrected chi connectivity index (χ2v) is 4.38. The van der Waals surface area contributed by atoms with Crippen LogP contribution >= 0.6 is 0 Å². The van der Waals surface area contributed by atoms with Crippen LogP contribution in [0.1, 0.15) is 32.4 Å². The summed E-state index contributed by atoms with van der Waals surface area (Å²) >= 11 is 0. The molecule has 1 rings (SSSR count). The minimum atomic E-state index is -0.859. The van der Waals surface area contributed by atoms with E-state index in [1.807, 2.05) is 0 Å². The van der Waals surface area contributed by atoms with E-state index in [4.69, 9.17) is 5.73 Å². The fourth-order valence-electron chi connectivity index (χ4n) is 1.52. The van der Waals surface area contributed by atoms with E-state index < -0.39 is 11.4 Å². The first kappa shape index (κ1) is 12.6. The van der Waals surface area contributed by atoms with Gasteiger partial charge in [0, 0.05) is 11.6 Å². The van der Waals surface area contributed by atoms with Gasteiger partial charge in [-0.1, -0.05) is 18.2 Å². The third kappa shape index (κ3) is 2.79. The summed E-state index contributed by atoms with van der Waals surface area (Å²) in [6.45, 7) is 5.14. The van der Waals surface area contributed by atoms with E-state index in [0.29, 0.717) is 5.56 Å². The highest BCUT2D eigenvalue weighted by Crippen LogP contribution is 2.19. The second kappa shape index (κ2) is 4.61. The summed E-state index contributed by atoms with van der Waals surface area (Å²) in [6.07, 6.45) is 0. The highest BCUT2D eigenvalue weighted by molar-refractivity contribution is 5.83. The summed E-state index contributed by atoms with van der Waals surface area (Å²) in [5.74, 6) is -0.751. The van der Waals surface area contributed by atoms with Gasteiger partial charge >= 0.3 is 0 Å². The van der Waals surface area contributed by atoms with E-state index in [1.165, 1.54) is 6.07 Å². The van der Waals surface area contributed by atoms with Crippen molar-refractivity contribution >= 4 is 5.91 Å². The first-order valence-corrected chi connectivity index (χ1v) is 5.16. The fourth-order valence-corrected chi connectivity index (χ4v) is 1.52. The highest BCUT2D eigenvalue weighted by Gasteiger charge is 2.27. The first-order chi connectivity index (χ1) is 7.34. The monoisotopic (exact) mass is 224 g/mol. The smallest absolute Gasteiger partial charge is 0.237 e. The molecule has 0 aliphatic rings. The van der Waals surface area contributed by atoms with E-state index in [-0.39, 0.29) is 11.9 Å². The Morgan fingerprint density at radius 2 is 2.00 bits per heavy atom. The predicted octanol–water partition coefficient (Wildman–Crippen LogP) is 1.74. The SMILES string of the molecule is CC(NC(C)(C)C(N)=O)c1ccccc1F. The molecular weight excluding hydrogens is 207 g/mol. The molecule has 1 unspecified atom stereocenters. The first-order valence-electron chi connectivity index (χ1n) is 5.16. The third-order valence-electron chi connectivity index (χ3n) is 2.57. The van der Waals surface area contributed by atoms with Crippen LogP contribution in [0.5, 0.6) is 0 Å². The normalized spacial score (nSPS) is 13.5. The molecule has 0 aliphatic heterocycles. The summed E-state index contributed by atoms with van der Waals surface area (Å²) in [5.41, 5.74) is 4.90. The van der Waals surface area contributed by atoms with Gasteiger partial charge in [0.25, 0.3) is 0 Å². The molecule has 0 bridgehead atoms. The largest absolute Gasteiger partial charge is 0.368 e. The summed E-state index contributed by atoms with van der Waals surface area (Å²) in [6, 6.07) is 6.19. The van der Waals surface area contributed by atoms with Crippen molar-refractivity contribution in [3.8, 4) is 0 Å². The quantitative estimate of drug-likeness (QED) is 0.818. The van der Waals surface area contributed by atoms with E-state index in [1.54, 1.807) is 39.0 Å². The summed E-state index contributed by atoms with van der Waals surface area (Å²) in [4.78, 5) is 11.1. The lowest BCUT2D eigenvalue weighted by Crippen LogP contribution is -2.51. The maximum atomic E-state index is 13.5. The second-order valence-electron chi connectivity index (χ2n) is 4.38. The number of rotatable bonds is 4. The van der Waals surface area contributed by atoms with E-state index in [2.05, 4.69) is 5.32 Å². The minimum Gasteiger partial charge on any atom is -0.368 e. The molecular formula is C12H17FN2O. The number of nitrogens with one attached hydrogen (secondary N) is 1. The topological polar surface area (TPSA) is 55.1 Å². The maximum Gasteiger partial charge on any atom is 0.237 e. The maximum absolute atomic E-state index is 13.5. The molecule has 1 amide bonds. The Kier molecular flexibility index (Phi) is 3.65. The number of halogens is 1. The van der Waals surface area contributed by atoms with Crippen LogP contribution in [0.3, 0.4) is 0 Å². The van der Waals surface area contributed by atoms with Gasteiger partial charge in [-0.25, -0.2) is 4.39 Å². The molecule has 0 spiro atoms. The van der Waals surface area contributed by atoms with Crippen LogP contribution in [-0.2, 0) is 4.79 Å². The average molecular weight is 224 g/mol.